The smallest absolute Gasteiger partial charge is 0.272 e. The number of nitrogens with one attached hydrogen (secondary N) is 1. The van der Waals surface area contributed by atoms with Gasteiger partial charge in [0.05, 0.1) is 16.6 Å². The van der Waals surface area contributed by atoms with Crippen LogP contribution in [0.3, 0.4) is 0 Å². The second-order valence-electron chi connectivity index (χ2n) is 8.61. The van der Waals surface area contributed by atoms with E-state index in [1.165, 1.54) is 30.3 Å². The molecule has 2 fully saturated rings. The number of benzene rings is 2. The third-order valence-corrected chi connectivity index (χ3v) is 6.29. The van der Waals surface area contributed by atoms with Crippen LogP contribution in [-0.4, -0.2) is 63.1 Å². The van der Waals surface area contributed by atoms with Gasteiger partial charge in [0.2, 0.25) is 5.91 Å². The van der Waals surface area contributed by atoms with Gasteiger partial charge in [0.25, 0.3) is 11.5 Å². The first-order chi connectivity index (χ1) is 15.9. The molecule has 0 bridgehead atoms. The van der Waals surface area contributed by atoms with E-state index in [-0.39, 0.29) is 35.1 Å². The van der Waals surface area contributed by atoms with Crippen molar-refractivity contribution >= 4 is 22.6 Å². The third kappa shape index (κ3) is 4.18. The van der Waals surface area contributed by atoms with Crippen LogP contribution in [0.25, 0.3) is 10.8 Å². The first-order valence-electron chi connectivity index (χ1n) is 11.0. The molecule has 1 saturated carbocycles. The van der Waals surface area contributed by atoms with Gasteiger partial charge in [0.1, 0.15) is 11.6 Å². The number of aromatic nitrogens is 2. The molecule has 2 heterocycles. The Morgan fingerprint density at radius 1 is 1.03 bits per heavy atom. The van der Waals surface area contributed by atoms with Crippen LogP contribution >= 0.6 is 0 Å². The highest BCUT2D eigenvalue weighted by Gasteiger charge is 2.35. The number of aromatic amines is 1. The summed E-state index contributed by atoms with van der Waals surface area (Å²) in [7, 11) is 0. The van der Waals surface area contributed by atoms with Crippen molar-refractivity contribution in [2.45, 2.75) is 19.3 Å². The maximum absolute atomic E-state index is 14.6. The van der Waals surface area contributed by atoms with E-state index in [4.69, 9.17) is 0 Å². The minimum Gasteiger partial charge on any atom is -0.508 e. The fraction of sp³-hybridized carbons (Fsp3) is 0.333. The largest absolute Gasteiger partial charge is 0.508 e. The molecular formula is C24H23FN4O4. The van der Waals surface area contributed by atoms with Gasteiger partial charge in [-0.15, -0.1) is 0 Å². The molecule has 2 amide bonds. The lowest BCUT2D eigenvalue weighted by molar-refractivity contribution is -0.134. The highest BCUT2D eigenvalue weighted by atomic mass is 19.1. The normalized spacial score (nSPS) is 16.3. The number of piperazine rings is 1. The Balaban J connectivity index is 1.36. The molecule has 0 spiro atoms. The zero-order valence-electron chi connectivity index (χ0n) is 17.9. The summed E-state index contributed by atoms with van der Waals surface area (Å²) in [6.45, 7) is 1.65. The van der Waals surface area contributed by atoms with Gasteiger partial charge in [-0.25, -0.2) is 9.49 Å². The van der Waals surface area contributed by atoms with Crippen LogP contribution in [0.2, 0.25) is 0 Å². The van der Waals surface area contributed by atoms with Crippen LogP contribution < -0.4 is 5.56 Å². The summed E-state index contributed by atoms with van der Waals surface area (Å²) in [5.74, 6) is -0.727. The minimum absolute atomic E-state index is 0.00503. The quantitative estimate of drug-likeness (QED) is 0.633. The molecule has 9 heteroatoms. The molecule has 170 valence electrons. The van der Waals surface area contributed by atoms with Crippen molar-refractivity contribution in [3.63, 3.8) is 0 Å². The van der Waals surface area contributed by atoms with Crippen LogP contribution in [0, 0.1) is 11.7 Å². The molecule has 8 nitrogen and oxygen atoms in total. The van der Waals surface area contributed by atoms with Gasteiger partial charge in [0, 0.05) is 43.9 Å². The second kappa shape index (κ2) is 8.31. The molecule has 2 N–H and O–H groups in total. The Bertz CT molecular complexity index is 1310. The average molecular weight is 450 g/mol. The SMILES string of the molecule is O=C(c1cc(Cc2n[nH]c(=O)c3ccc(O)cc23)ccc1F)N1CCN(C(=O)C2CC2)CC1. The number of amides is 2. The van der Waals surface area contributed by atoms with Crippen molar-refractivity contribution in [3.05, 3.63) is 69.4 Å². The number of fused-ring (bicyclic) bond motifs is 1. The van der Waals surface area contributed by atoms with Crippen molar-refractivity contribution < 1.29 is 19.1 Å². The first kappa shape index (κ1) is 21.1. The number of hydrogen-bond acceptors (Lipinski definition) is 5. The summed E-state index contributed by atoms with van der Waals surface area (Å²) >= 11 is 0. The molecule has 2 aliphatic rings. The molecule has 0 radical (unpaired) electrons. The average Bonchev–Trinajstić information content (AvgIpc) is 3.67. The molecule has 0 atom stereocenters. The lowest BCUT2D eigenvalue weighted by Crippen LogP contribution is -2.51. The van der Waals surface area contributed by atoms with Crippen LogP contribution in [0.1, 0.15) is 34.5 Å². The number of carbonyl (C=O) groups is 2. The van der Waals surface area contributed by atoms with E-state index < -0.39 is 11.7 Å². The summed E-state index contributed by atoms with van der Waals surface area (Å²) in [5, 5.41) is 17.2. The van der Waals surface area contributed by atoms with E-state index in [0.717, 1.165) is 12.8 Å². The van der Waals surface area contributed by atoms with Gasteiger partial charge in [-0.3, -0.25) is 14.4 Å². The van der Waals surface area contributed by atoms with Crippen molar-refractivity contribution in [2.75, 3.05) is 26.2 Å². The predicted molar refractivity (Wildman–Crippen MR) is 118 cm³/mol. The van der Waals surface area contributed by atoms with E-state index in [1.54, 1.807) is 15.9 Å². The molecule has 3 aromatic rings. The van der Waals surface area contributed by atoms with Crippen molar-refractivity contribution in [1.29, 1.82) is 0 Å². The van der Waals surface area contributed by atoms with Gasteiger partial charge < -0.3 is 14.9 Å². The molecule has 2 aromatic carbocycles. The standard InChI is InChI=1S/C24H23FN4O4/c25-20-6-1-14(12-21-18-13-16(30)4-5-17(18)22(31)27-26-21)11-19(20)24(33)29-9-7-28(8-10-29)23(32)15-2-3-15/h1,4-6,11,13,15,30H,2-3,7-10,12H2,(H,27,31). The van der Waals surface area contributed by atoms with Crippen LogP contribution in [0.15, 0.2) is 41.2 Å². The summed E-state index contributed by atoms with van der Waals surface area (Å²) in [6, 6.07) is 8.72. The lowest BCUT2D eigenvalue weighted by atomic mass is 10.0. The van der Waals surface area contributed by atoms with E-state index in [0.29, 0.717) is 48.2 Å². The predicted octanol–water partition coefficient (Wildman–Crippen LogP) is 2.05. The minimum atomic E-state index is -0.614. The summed E-state index contributed by atoms with van der Waals surface area (Å²) in [4.78, 5) is 40.7. The number of nitrogens with zero attached hydrogens (tertiary/aromatic N) is 3. The molecule has 1 saturated heterocycles. The van der Waals surface area contributed by atoms with Gasteiger partial charge >= 0.3 is 0 Å². The maximum atomic E-state index is 14.6. The molecule has 33 heavy (non-hydrogen) atoms. The number of hydrogen-bond donors (Lipinski definition) is 2. The number of phenolic OH excluding ortho intramolecular Hbond substituents is 1. The Morgan fingerprint density at radius 3 is 2.48 bits per heavy atom. The maximum Gasteiger partial charge on any atom is 0.272 e. The van der Waals surface area contributed by atoms with Crippen LogP contribution in [-0.2, 0) is 11.2 Å². The third-order valence-electron chi connectivity index (χ3n) is 6.29. The number of aromatic hydroxyl groups is 1. The molecule has 1 aliphatic carbocycles. The monoisotopic (exact) mass is 450 g/mol. The van der Waals surface area contributed by atoms with Crippen molar-refractivity contribution in [1.82, 2.24) is 20.0 Å². The number of phenols is 1. The number of rotatable bonds is 4. The summed E-state index contributed by atoms with van der Waals surface area (Å²) < 4.78 is 14.6. The Morgan fingerprint density at radius 2 is 1.76 bits per heavy atom. The number of H-pyrrole nitrogens is 1. The van der Waals surface area contributed by atoms with Crippen molar-refractivity contribution in [2.24, 2.45) is 5.92 Å². The number of halogens is 1. The molecule has 1 aromatic heterocycles. The Hall–Kier alpha value is -3.75. The van der Waals surface area contributed by atoms with Gasteiger partial charge in [-0.2, -0.15) is 5.10 Å². The molecular weight excluding hydrogens is 427 g/mol. The molecule has 0 unspecified atom stereocenters. The zero-order valence-corrected chi connectivity index (χ0v) is 17.9. The highest BCUT2D eigenvalue weighted by Crippen LogP contribution is 2.31. The molecule has 5 rings (SSSR count). The van der Waals surface area contributed by atoms with Gasteiger partial charge in [-0.05, 0) is 48.7 Å². The lowest BCUT2D eigenvalue weighted by Gasteiger charge is -2.35. The van der Waals surface area contributed by atoms with Crippen LogP contribution in [0.5, 0.6) is 5.75 Å². The first-order valence-corrected chi connectivity index (χ1v) is 11.0. The zero-order chi connectivity index (χ0) is 23.1. The topological polar surface area (TPSA) is 107 Å². The van der Waals surface area contributed by atoms with E-state index in [9.17, 15) is 23.9 Å². The Labute approximate surface area is 188 Å². The summed E-state index contributed by atoms with van der Waals surface area (Å²) in [6.07, 6.45) is 2.12. The summed E-state index contributed by atoms with van der Waals surface area (Å²) in [5.41, 5.74) is 0.735. The second-order valence-corrected chi connectivity index (χ2v) is 8.61. The van der Waals surface area contributed by atoms with E-state index in [2.05, 4.69) is 10.2 Å². The van der Waals surface area contributed by atoms with Crippen molar-refractivity contribution in [3.8, 4) is 5.75 Å². The fourth-order valence-corrected chi connectivity index (χ4v) is 4.27. The van der Waals surface area contributed by atoms with Gasteiger partial charge in [0.15, 0.2) is 0 Å². The van der Waals surface area contributed by atoms with E-state index >= 15 is 0 Å². The van der Waals surface area contributed by atoms with Crippen LogP contribution in [0.4, 0.5) is 4.39 Å². The number of carbonyl (C=O) groups excluding carboxylic acids is 2. The molecule has 1 aliphatic heterocycles. The van der Waals surface area contributed by atoms with E-state index in [1.807, 2.05) is 0 Å². The Kier molecular flexibility index (Phi) is 5.32. The fourth-order valence-electron chi connectivity index (χ4n) is 4.27. The highest BCUT2D eigenvalue weighted by molar-refractivity contribution is 5.95. The van der Waals surface area contributed by atoms with Gasteiger partial charge in [-0.1, -0.05) is 6.07 Å².